The van der Waals surface area contributed by atoms with Gasteiger partial charge in [0.15, 0.2) is 5.82 Å². The second-order valence-electron chi connectivity index (χ2n) is 4.03. The highest BCUT2D eigenvalue weighted by atomic mass is 16.5. The lowest BCUT2D eigenvalue weighted by Gasteiger charge is -2.10. The number of nitrogens with zero attached hydrogens (tertiary/aromatic N) is 2. The summed E-state index contributed by atoms with van der Waals surface area (Å²) in [5.74, 6) is 1.91. The van der Waals surface area contributed by atoms with E-state index in [0.717, 1.165) is 5.92 Å². The molecule has 88 valence electrons. The lowest BCUT2D eigenvalue weighted by molar-refractivity contribution is 0.328. The van der Waals surface area contributed by atoms with Crippen LogP contribution in [0.25, 0.3) is 0 Å². The monoisotopic (exact) mass is 222 g/mol. The van der Waals surface area contributed by atoms with Crippen LogP contribution < -0.4 is 15.8 Å². The molecule has 3 N–H and O–H groups in total. The average molecular weight is 222 g/mol. The van der Waals surface area contributed by atoms with Gasteiger partial charge in [0.1, 0.15) is 12.0 Å². The molecule has 0 amide bonds. The summed E-state index contributed by atoms with van der Waals surface area (Å²) in [5.41, 5.74) is 6.43. The van der Waals surface area contributed by atoms with E-state index < -0.39 is 0 Å². The quantitative estimate of drug-likeness (QED) is 0.792. The van der Waals surface area contributed by atoms with Gasteiger partial charge in [0.05, 0.1) is 6.61 Å². The Labute approximate surface area is 95.4 Å². The summed E-state index contributed by atoms with van der Waals surface area (Å²) >= 11 is 0. The van der Waals surface area contributed by atoms with Gasteiger partial charge in [-0.25, -0.2) is 4.98 Å². The van der Waals surface area contributed by atoms with E-state index in [1.165, 1.54) is 19.2 Å². The predicted molar refractivity (Wildman–Crippen MR) is 63.4 cm³/mol. The molecule has 0 aliphatic heterocycles. The van der Waals surface area contributed by atoms with Gasteiger partial charge in [-0.2, -0.15) is 4.98 Å². The number of anilines is 2. The van der Waals surface area contributed by atoms with Gasteiger partial charge in [0.2, 0.25) is 5.88 Å². The standard InChI is InChI=1S/C11H18N4O/c1-3-7-5-8(7)15-10-9(12)11(16-4-2)14-6-13-10/h6-8H,3-5,12H2,1-2H3,(H,13,14,15). The summed E-state index contributed by atoms with van der Waals surface area (Å²) in [6.45, 7) is 4.66. The third-order valence-electron chi connectivity index (χ3n) is 2.90. The number of nitrogen functional groups attached to an aromatic ring is 1. The van der Waals surface area contributed by atoms with Crippen molar-refractivity contribution in [1.29, 1.82) is 0 Å². The minimum absolute atomic E-state index is 0.466. The third-order valence-corrected chi connectivity index (χ3v) is 2.90. The van der Waals surface area contributed by atoms with E-state index in [9.17, 15) is 0 Å². The Morgan fingerprint density at radius 1 is 1.50 bits per heavy atom. The van der Waals surface area contributed by atoms with Gasteiger partial charge in [-0.1, -0.05) is 13.3 Å². The van der Waals surface area contributed by atoms with Crippen LogP contribution >= 0.6 is 0 Å². The SMILES string of the molecule is CCOc1ncnc(NC2CC2CC)c1N. The maximum Gasteiger partial charge on any atom is 0.242 e. The van der Waals surface area contributed by atoms with E-state index in [0.29, 0.717) is 30.0 Å². The Hall–Kier alpha value is -1.52. The molecule has 2 rings (SSSR count). The van der Waals surface area contributed by atoms with E-state index in [2.05, 4.69) is 22.2 Å². The van der Waals surface area contributed by atoms with Crippen molar-refractivity contribution in [2.45, 2.75) is 32.7 Å². The summed E-state index contributed by atoms with van der Waals surface area (Å²) in [4.78, 5) is 8.14. The van der Waals surface area contributed by atoms with Crippen molar-refractivity contribution in [2.24, 2.45) is 5.92 Å². The minimum Gasteiger partial charge on any atom is -0.476 e. The first-order valence-electron chi connectivity index (χ1n) is 5.76. The van der Waals surface area contributed by atoms with Crippen LogP contribution in [-0.2, 0) is 0 Å². The van der Waals surface area contributed by atoms with Crippen LogP contribution in [0.4, 0.5) is 11.5 Å². The zero-order chi connectivity index (χ0) is 11.5. The minimum atomic E-state index is 0.466. The molecular formula is C11H18N4O. The van der Waals surface area contributed by atoms with Crippen molar-refractivity contribution < 1.29 is 4.74 Å². The Morgan fingerprint density at radius 2 is 2.31 bits per heavy atom. The largest absolute Gasteiger partial charge is 0.476 e. The summed E-state index contributed by atoms with van der Waals surface area (Å²) in [5, 5.41) is 3.33. The lowest BCUT2D eigenvalue weighted by atomic mass is 10.3. The Morgan fingerprint density at radius 3 is 2.94 bits per heavy atom. The Bertz CT molecular complexity index is 369. The van der Waals surface area contributed by atoms with Crippen molar-refractivity contribution >= 4 is 11.5 Å². The molecule has 0 radical (unpaired) electrons. The molecule has 1 heterocycles. The first-order chi connectivity index (χ1) is 7.76. The molecule has 2 atom stereocenters. The normalized spacial score (nSPS) is 22.9. The van der Waals surface area contributed by atoms with Crippen LogP contribution in [0.5, 0.6) is 5.88 Å². The van der Waals surface area contributed by atoms with Crippen molar-refractivity contribution in [3.8, 4) is 5.88 Å². The molecule has 1 aliphatic carbocycles. The first kappa shape index (κ1) is 11.0. The Kier molecular flexibility index (Phi) is 3.12. The highest BCUT2D eigenvalue weighted by Gasteiger charge is 2.35. The fourth-order valence-corrected chi connectivity index (χ4v) is 1.80. The predicted octanol–water partition coefficient (Wildman–Crippen LogP) is 1.67. The maximum absolute atomic E-state index is 5.92. The van der Waals surface area contributed by atoms with Crippen LogP contribution in [-0.4, -0.2) is 22.6 Å². The van der Waals surface area contributed by atoms with Crippen LogP contribution in [0.3, 0.4) is 0 Å². The summed E-state index contributed by atoms with van der Waals surface area (Å²) in [7, 11) is 0. The second-order valence-corrected chi connectivity index (χ2v) is 4.03. The molecule has 0 saturated heterocycles. The first-order valence-corrected chi connectivity index (χ1v) is 5.76. The Balaban J connectivity index is 2.06. The number of aromatic nitrogens is 2. The molecule has 1 aromatic heterocycles. The highest BCUT2D eigenvalue weighted by molar-refractivity contribution is 5.67. The molecule has 1 aliphatic rings. The average Bonchev–Trinajstić information content (AvgIpc) is 3.03. The van der Waals surface area contributed by atoms with Gasteiger partial charge in [0.25, 0.3) is 0 Å². The second kappa shape index (κ2) is 4.55. The lowest BCUT2D eigenvalue weighted by Crippen LogP contribution is -2.10. The van der Waals surface area contributed by atoms with Crippen molar-refractivity contribution in [3.05, 3.63) is 6.33 Å². The molecule has 1 aromatic rings. The van der Waals surface area contributed by atoms with Crippen molar-refractivity contribution in [1.82, 2.24) is 9.97 Å². The smallest absolute Gasteiger partial charge is 0.242 e. The molecule has 1 saturated carbocycles. The molecule has 2 unspecified atom stereocenters. The zero-order valence-electron chi connectivity index (χ0n) is 9.73. The van der Waals surface area contributed by atoms with E-state index in [-0.39, 0.29) is 0 Å². The number of ether oxygens (including phenoxy) is 1. The van der Waals surface area contributed by atoms with Crippen LogP contribution in [0.2, 0.25) is 0 Å². The molecule has 0 spiro atoms. The molecule has 16 heavy (non-hydrogen) atoms. The number of nitrogens with two attached hydrogens (primary N) is 1. The molecule has 0 aromatic carbocycles. The third kappa shape index (κ3) is 2.18. The molecule has 1 fully saturated rings. The van der Waals surface area contributed by atoms with Gasteiger partial charge in [0, 0.05) is 6.04 Å². The van der Waals surface area contributed by atoms with E-state index in [1.807, 2.05) is 6.92 Å². The number of nitrogens with one attached hydrogen (secondary N) is 1. The molecule has 5 nitrogen and oxygen atoms in total. The van der Waals surface area contributed by atoms with Crippen molar-refractivity contribution in [3.63, 3.8) is 0 Å². The molecular weight excluding hydrogens is 204 g/mol. The van der Waals surface area contributed by atoms with Gasteiger partial charge in [-0.15, -0.1) is 0 Å². The van der Waals surface area contributed by atoms with E-state index >= 15 is 0 Å². The van der Waals surface area contributed by atoms with Crippen LogP contribution in [0, 0.1) is 5.92 Å². The van der Waals surface area contributed by atoms with E-state index in [4.69, 9.17) is 10.5 Å². The van der Waals surface area contributed by atoms with Crippen LogP contribution in [0.1, 0.15) is 26.7 Å². The molecule has 0 bridgehead atoms. The summed E-state index contributed by atoms with van der Waals surface area (Å²) < 4.78 is 5.32. The number of hydrogen-bond acceptors (Lipinski definition) is 5. The number of hydrogen-bond donors (Lipinski definition) is 2. The van der Waals surface area contributed by atoms with Gasteiger partial charge < -0.3 is 15.8 Å². The van der Waals surface area contributed by atoms with Crippen molar-refractivity contribution in [2.75, 3.05) is 17.7 Å². The summed E-state index contributed by atoms with van der Waals surface area (Å²) in [6.07, 6.45) is 3.87. The topological polar surface area (TPSA) is 73.1 Å². The fourth-order valence-electron chi connectivity index (χ4n) is 1.80. The van der Waals surface area contributed by atoms with Gasteiger partial charge in [-0.3, -0.25) is 0 Å². The van der Waals surface area contributed by atoms with Crippen LogP contribution in [0.15, 0.2) is 6.33 Å². The van der Waals surface area contributed by atoms with Gasteiger partial charge in [-0.05, 0) is 19.3 Å². The van der Waals surface area contributed by atoms with Gasteiger partial charge >= 0.3 is 0 Å². The number of rotatable bonds is 5. The fraction of sp³-hybridized carbons (Fsp3) is 0.636. The highest BCUT2D eigenvalue weighted by Crippen LogP contribution is 2.37. The molecule has 5 heteroatoms. The maximum atomic E-state index is 5.92. The summed E-state index contributed by atoms with van der Waals surface area (Å²) in [6, 6.07) is 0.511. The zero-order valence-corrected chi connectivity index (χ0v) is 9.73. The van der Waals surface area contributed by atoms with E-state index in [1.54, 1.807) is 0 Å².